The summed E-state index contributed by atoms with van der Waals surface area (Å²) >= 11 is 0. The summed E-state index contributed by atoms with van der Waals surface area (Å²) in [6.07, 6.45) is 6.23. The number of aliphatic hydroxyl groups excluding tert-OH is 1. The first-order valence-electron chi connectivity index (χ1n) is 10.5. The average molecular weight is 457 g/mol. The molecule has 0 bridgehead atoms. The second-order valence-corrected chi connectivity index (χ2v) is 7.76. The normalized spacial score (nSPS) is 13.0. The molecule has 1 aliphatic rings. The molecule has 2 aromatic heterocycles. The fourth-order valence-corrected chi connectivity index (χ4v) is 3.34. The zero-order chi connectivity index (χ0) is 23.4. The Morgan fingerprint density at radius 1 is 1.12 bits per heavy atom. The van der Waals surface area contributed by atoms with Crippen LogP contribution >= 0.6 is 0 Å². The molecule has 33 heavy (non-hydrogen) atoms. The number of halogens is 2. The number of ether oxygens (including phenoxy) is 2. The number of nitrogens with zero attached hydrogens (tertiary/aromatic N) is 4. The van der Waals surface area contributed by atoms with Crippen molar-refractivity contribution in [2.24, 2.45) is 0 Å². The van der Waals surface area contributed by atoms with Gasteiger partial charge in [0, 0.05) is 13.6 Å². The van der Waals surface area contributed by atoms with E-state index >= 15 is 0 Å². The Hall–Kier alpha value is -3.53. The minimum absolute atomic E-state index is 0.00915. The summed E-state index contributed by atoms with van der Waals surface area (Å²) in [6.45, 7) is 0.215. The predicted molar refractivity (Wildman–Crippen MR) is 119 cm³/mol. The van der Waals surface area contributed by atoms with Gasteiger partial charge in [0.2, 0.25) is 5.95 Å². The van der Waals surface area contributed by atoms with Crippen LogP contribution in [0.3, 0.4) is 0 Å². The lowest BCUT2D eigenvalue weighted by Gasteiger charge is -2.16. The number of likely N-dealkylation sites (N-methyl/N-ethyl adjacent to an activating group) is 1. The van der Waals surface area contributed by atoms with E-state index in [0.29, 0.717) is 23.7 Å². The number of nitrogens with one attached hydrogen (secondary N) is 1. The van der Waals surface area contributed by atoms with Gasteiger partial charge in [-0.3, -0.25) is 0 Å². The number of hydrogen-bond acceptors (Lipinski definition) is 8. The molecule has 0 radical (unpaired) electrons. The van der Waals surface area contributed by atoms with Crippen LogP contribution in [0, 0.1) is 11.6 Å². The highest BCUT2D eigenvalue weighted by Crippen LogP contribution is 2.44. The summed E-state index contributed by atoms with van der Waals surface area (Å²) in [5, 5.41) is 12.0. The molecule has 0 aliphatic heterocycles. The van der Waals surface area contributed by atoms with Gasteiger partial charge in [-0.25, -0.2) is 23.7 Å². The highest BCUT2D eigenvalue weighted by Gasteiger charge is 2.30. The Bertz CT molecular complexity index is 1090. The summed E-state index contributed by atoms with van der Waals surface area (Å²) in [5.41, 5.74) is 0.971. The molecule has 0 atom stereocenters. The molecule has 1 saturated carbocycles. The minimum Gasteiger partial charge on any atom is -0.494 e. The van der Waals surface area contributed by atoms with Crippen LogP contribution in [0.5, 0.6) is 11.5 Å². The van der Waals surface area contributed by atoms with Crippen molar-refractivity contribution in [1.82, 2.24) is 15.0 Å². The van der Waals surface area contributed by atoms with Crippen LogP contribution in [0.25, 0.3) is 0 Å². The first-order valence-corrected chi connectivity index (χ1v) is 10.5. The van der Waals surface area contributed by atoms with Crippen LogP contribution in [-0.2, 0) is 6.61 Å². The van der Waals surface area contributed by atoms with Gasteiger partial charge in [0.1, 0.15) is 18.2 Å². The van der Waals surface area contributed by atoms with Gasteiger partial charge in [0.25, 0.3) is 0 Å². The van der Waals surface area contributed by atoms with E-state index in [4.69, 9.17) is 14.6 Å². The zero-order valence-corrected chi connectivity index (χ0v) is 18.4. The maximum Gasteiger partial charge on any atom is 0.227 e. The molecule has 3 aromatic rings. The second-order valence-electron chi connectivity index (χ2n) is 7.76. The van der Waals surface area contributed by atoms with Gasteiger partial charge < -0.3 is 24.8 Å². The Morgan fingerprint density at radius 2 is 1.88 bits per heavy atom. The molecule has 10 heteroatoms. The summed E-state index contributed by atoms with van der Waals surface area (Å²) in [5.74, 6) is 0.0703. The summed E-state index contributed by atoms with van der Waals surface area (Å²) in [6, 6.07) is 5.06. The minimum atomic E-state index is -0.765. The number of hydrogen-bond donors (Lipinski definition) is 2. The second kappa shape index (κ2) is 9.95. The van der Waals surface area contributed by atoms with Gasteiger partial charge in [-0.05, 0) is 42.5 Å². The van der Waals surface area contributed by atoms with Gasteiger partial charge in [0.15, 0.2) is 17.3 Å². The molecule has 174 valence electrons. The quantitative estimate of drug-likeness (QED) is 0.475. The lowest BCUT2D eigenvalue weighted by Crippen LogP contribution is -2.22. The Balaban J connectivity index is 1.40. The topological polar surface area (TPSA) is 92.6 Å². The molecule has 1 aromatic carbocycles. The van der Waals surface area contributed by atoms with E-state index in [9.17, 15) is 8.78 Å². The van der Waals surface area contributed by atoms with Crippen LogP contribution in [-0.4, -0.2) is 47.4 Å². The van der Waals surface area contributed by atoms with E-state index in [-0.39, 0.29) is 36.2 Å². The number of aliphatic hydroxyl groups is 1. The van der Waals surface area contributed by atoms with Crippen molar-refractivity contribution < 1.29 is 23.4 Å². The van der Waals surface area contributed by atoms with Crippen LogP contribution in [0.15, 0.2) is 36.8 Å². The van der Waals surface area contributed by atoms with E-state index in [0.717, 1.165) is 18.7 Å². The molecule has 0 saturated heterocycles. The lowest BCUT2D eigenvalue weighted by molar-refractivity contribution is 0.285. The molecule has 8 nitrogen and oxygen atoms in total. The SMILES string of the molecule is COc1cc(C2CC2)c(F)c(COc2cnc(Nc3ccc(N(C)CCO)nc3)nc2)c1F. The largest absolute Gasteiger partial charge is 0.494 e. The fraction of sp³-hybridized carbons (Fsp3) is 0.348. The standard InChI is InChI=1S/C23H25F2N5O3/c1-30(7-8-31)20-6-5-15(10-26-20)29-23-27-11-16(12-28-23)33-13-18-21(24)17(14-3-4-14)9-19(32-2)22(18)25/h5-6,9-12,14,31H,3-4,7-8,13H2,1-2H3,(H,27,28,29). The van der Waals surface area contributed by atoms with Crippen LogP contribution in [0.2, 0.25) is 0 Å². The summed E-state index contributed by atoms with van der Waals surface area (Å²) in [4.78, 5) is 14.5. The van der Waals surface area contributed by atoms with E-state index < -0.39 is 11.6 Å². The Labute approximate surface area is 190 Å². The smallest absolute Gasteiger partial charge is 0.227 e. The molecular weight excluding hydrogens is 432 g/mol. The molecule has 0 amide bonds. The molecule has 1 aliphatic carbocycles. The number of pyridine rings is 1. The molecule has 1 fully saturated rings. The number of aromatic nitrogens is 3. The highest BCUT2D eigenvalue weighted by atomic mass is 19.1. The molecule has 0 spiro atoms. The van der Waals surface area contributed by atoms with Crippen molar-refractivity contribution in [2.75, 3.05) is 37.5 Å². The molecule has 2 heterocycles. The van der Waals surface area contributed by atoms with Gasteiger partial charge in [-0.15, -0.1) is 0 Å². The predicted octanol–water partition coefficient (Wildman–Crippen LogP) is 3.79. The molecular formula is C23H25F2N5O3. The van der Waals surface area contributed by atoms with Crippen molar-refractivity contribution in [2.45, 2.75) is 25.4 Å². The maximum absolute atomic E-state index is 14.8. The molecule has 0 unspecified atom stereocenters. The number of rotatable bonds is 10. The van der Waals surface area contributed by atoms with Crippen LogP contribution in [0.4, 0.5) is 26.2 Å². The number of methoxy groups -OCH3 is 1. The van der Waals surface area contributed by atoms with Crippen molar-refractivity contribution in [3.63, 3.8) is 0 Å². The van der Waals surface area contributed by atoms with Crippen LogP contribution < -0.4 is 19.7 Å². The maximum atomic E-state index is 14.8. The fourth-order valence-electron chi connectivity index (χ4n) is 3.34. The van der Waals surface area contributed by atoms with Crippen molar-refractivity contribution >= 4 is 17.5 Å². The third-order valence-electron chi connectivity index (χ3n) is 5.37. The number of benzene rings is 1. The molecule has 2 N–H and O–H groups in total. The van der Waals surface area contributed by atoms with Crippen molar-refractivity contribution in [1.29, 1.82) is 0 Å². The van der Waals surface area contributed by atoms with Crippen LogP contribution in [0.1, 0.15) is 29.9 Å². The lowest BCUT2D eigenvalue weighted by atomic mass is 10.0. The van der Waals surface area contributed by atoms with Gasteiger partial charge in [-0.1, -0.05) is 0 Å². The Morgan fingerprint density at radius 3 is 2.48 bits per heavy atom. The van der Waals surface area contributed by atoms with Gasteiger partial charge in [0.05, 0.1) is 43.6 Å². The van der Waals surface area contributed by atoms with Gasteiger partial charge >= 0.3 is 0 Å². The number of anilines is 3. The zero-order valence-electron chi connectivity index (χ0n) is 18.4. The van der Waals surface area contributed by atoms with E-state index in [2.05, 4.69) is 20.3 Å². The van der Waals surface area contributed by atoms with E-state index in [1.165, 1.54) is 25.6 Å². The first kappa shape index (κ1) is 22.7. The first-order chi connectivity index (χ1) is 16.0. The summed E-state index contributed by atoms with van der Waals surface area (Å²) < 4.78 is 40.1. The Kier molecular flexibility index (Phi) is 6.83. The average Bonchev–Trinajstić information content (AvgIpc) is 3.66. The monoisotopic (exact) mass is 457 g/mol. The van der Waals surface area contributed by atoms with Gasteiger partial charge in [-0.2, -0.15) is 0 Å². The third kappa shape index (κ3) is 5.28. The molecule has 4 rings (SSSR count). The van der Waals surface area contributed by atoms with Crippen molar-refractivity contribution in [3.8, 4) is 11.5 Å². The van der Waals surface area contributed by atoms with E-state index in [1.807, 2.05) is 24.1 Å². The highest BCUT2D eigenvalue weighted by molar-refractivity contribution is 5.54. The summed E-state index contributed by atoms with van der Waals surface area (Å²) in [7, 11) is 3.19. The van der Waals surface area contributed by atoms with E-state index in [1.54, 1.807) is 6.20 Å². The van der Waals surface area contributed by atoms with Crippen molar-refractivity contribution in [3.05, 3.63) is 59.6 Å². The third-order valence-corrected chi connectivity index (χ3v) is 5.37.